The van der Waals surface area contributed by atoms with Gasteiger partial charge in [0.2, 0.25) is 5.91 Å². The minimum Gasteiger partial charge on any atom is -0.350 e. The van der Waals surface area contributed by atoms with Crippen molar-refractivity contribution in [2.45, 2.75) is 26.3 Å². The maximum absolute atomic E-state index is 12.9. The van der Waals surface area contributed by atoms with Crippen molar-refractivity contribution >= 4 is 29.1 Å². The third-order valence-corrected chi connectivity index (χ3v) is 3.53. The summed E-state index contributed by atoms with van der Waals surface area (Å²) in [5.74, 6) is -0.897. The number of halogens is 2. The smallest absolute Gasteiger partial charge is 0.251 e. The van der Waals surface area contributed by atoms with E-state index in [-0.39, 0.29) is 30.1 Å². The lowest BCUT2D eigenvalue weighted by Gasteiger charge is -2.11. The van der Waals surface area contributed by atoms with Crippen molar-refractivity contribution in [1.29, 1.82) is 0 Å². The van der Waals surface area contributed by atoms with Crippen LogP contribution in [0.3, 0.4) is 0 Å². The third kappa shape index (κ3) is 5.06. The maximum Gasteiger partial charge on any atom is 0.251 e. The van der Waals surface area contributed by atoms with Crippen LogP contribution in [-0.4, -0.2) is 17.9 Å². The molecule has 0 atom stereocenters. The number of nitrogens with one attached hydrogen (secondary N) is 2. The van der Waals surface area contributed by atoms with Gasteiger partial charge in [0, 0.05) is 11.6 Å². The molecule has 126 valence electrons. The summed E-state index contributed by atoms with van der Waals surface area (Å²) in [5, 5.41) is 5.79. The number of amides is 2. The third-order valence-electron chi connectivity index (χ3n) is 3.20. The van der Waals surface area contributed by atoms with Crippen molar-refractivity contribution in [2.75, 3.05) is 5.32 Å². The standard InChI is InChI=1S/C18H18ClFN2O2/c1-11(2)21-18(24)13-5-8-15(19)16(10-13)22-17(23)9-12-3-6-14(20)7-4-12/h3-8,10-11H,9H2,1-2H3,(H,21,24)(H,22,23). The van der Waals surface area contributed by atoms with Crippen molar-refractivity contribution in [2.24, 2.45) is 0 Å². The van der Waals surface area contributed by atoms with E-state index in [0.717, 1.165) is 0 Å². The molecule has 0 fully saturated rings. The van der Waals surface area contributed by atoms with Crippen LogP contribution in [0.15, 0.2) is 42.5 Å². The van der Waals surface area contributed by atoms with E-state index in [4.69, 9.17) is 11.6 Å². The van der Waals surface area contributed by atoms with E-state index < -0.39 is 0 Å². The Morgan fingerprint density at radius 3 is 2.42 bits per heavy atom. The van der Waals surface area contributed by atoms with Gasteiger partial charge in [-0.3, -0.25) is 9.59 Å². The Morgan fingerprint density at radius 2 is 1.79 bits per heavy atom. The first kappa shape index (κ1) is 17.9. The van der Waals surface area contributed by atoms with Gasteiger partial charge < -0.3 is 10.6 Å². The lowest BCUT2D eigenvalue weighted by Crippen LogP contribution is -2.30. The van der Waals surface area contributed by atoms with Crippen molar-refractivity contribution < 1.29 is 14.0 Å². The summed E-state index contributed by atoms with van der Waals surface area (Å²) in [6.45, 7) is 3.72. The number of hydrogen-bond acceptors (Lipinski definition) is 2. The van der Waals surface area contributed by atoms with Crippen LogP contribution in [0.25, 0.3) is 0 Å². The fraction of sp³-hybridized carbons (Fsp3) is 0.222. The summed E-state index contributed by atoms with van der Waals surface area (Å²) in [7, 11) is 0. The van der Waals surface area contributed by atoms with Crippen molar-refractivity contribution in [1.82, 2.24) is 5.32 Å². The van der Waals surface area contributed by atoms with Crippen molar-refractivity contribution in [3.05, 3.63) is 64.4 Å². The van der Waals surface area contributed by atoms with Crippen LogP contribution in [0.4, 0.5) is 10.1 Å². The van der Waals surface area contributed by atoms with Gasteiger partial charge in [0.1, 0.15) is 5.82 Å². The molecule has 6 heteroatoms. The van der Waals surface area contributed by atoms with Crippen LogP contribution in [0.5, 0.6) is 0 Å². The number of benzene rings is 2. The summed E-state index contributed by atoms with van der Waals surface area (Å²) in [4.78, 5) is 24.1. The summed E-state index contributed by atoms with van der Waals surface area (Å²) in [6, 6.07) is 10.4. The number of anilines is 1. The van der Waals surface area contributed by atoms with E-state index in [1.165, 1.54) is 18.2 Å². The van der Waals surface area contributed by atoms with Crippen LogP contribution in [-0.2, 0) is 11.2 Å². The molecular formula is C18H18ClFN2O2. The molecule has 0 heterocycles. The second-order valence-corrected chi connectivity index (χ2v) is 6.08. The Hall–Kier alpha value is -2.40. The molecule has 0 aromatic heterocycles. The zero-order chi connectivity index (χ0) is 17.7. The Balaban J connectivity index is 2.09. The van der Waals surface area contributed by atoms with Gasteiger partial charge in [-0.2, -0.15) is 0 Å². The first-order valence-electron chi connectivity index (χ1n) is 7.50. The van der Waals surface area contributed by atoms with Gasteiger partial charge in [0.05, 0.1) is 17.1 Å². The largest absolute Gasteiger partial charge is 0.350 e. The molecule has 0 aliphatic heterocycles. The highest BCUT2D eigenvalue weighted by Gasteiger charge is 2.12. The molecule has 4 nitrogen and oxygen atoms in total. The second kappa shape index (κ2) is 7.93. The Labute approximate surface area is 145 Å². The molecule has 2 N–H and O–H groups in total. The molecule has 24 heavy (non-hydrogen) atoms. The van der Waals surface area contributed by atoms with Gasteiger partial charge in [-0.05, 0) is 49.7 Å². The Bertz CT molecular complexity index is 745. The molecule has 0 saturated heterocycles. The molecule has 2 aromatic carbocycles. The number of carbonyl (C=O) groups is 2. The average molecular weight is 349 g/mol. The summed E-state index contributed by atoms with van der Waals surface area (Å²) in [5.41, 5.74) is 1.45. The first-order chi connectivity index (χ1) is 11.3. The van der Waals surface area contributed by atoms with Crippen LogP contribution in [0.2, 0.25) is 5.02 Å². The van der Waals surface area contributed by atoms with Crippen molar-refractivity contribution in [3.63, 3.8) is 0 Å². The predicted molar refractivity (Wildman–Crippen MR) is 92.8 cm³/mol. The second-order valence-electron chi connectivity index (χ2n) is 5.67. The molecule has 0 spiro atoms. The van der Waals surface area contributed by atoms with Crippen LogP contribution in [0, 0.1) is 5.82 Å². The minimum absolute atomic E-state index is 0.00435. The van der Waals surface area contributed by atoms with E-state index >= 15 is 0 Å². The highest BCUT2D eigenvalue weighted by Crippen LogP contribution is 2.23. The monoisotopic (exact) mass is 348 g/mol. The molecule has 2 rings (SSSR count). The molecule has 0 radical (unpaired) electrons. The van der Waals surface area contributed by atoms with Gasteiger partial charge in [0.15, 0.2) is 0 Å². The van der Waals surface area contributed by atoms with E-state index in [9.17, 15) is 14.0 Å². The maximum atomic E-state index is 12.9. The quantitative estimate of drug-likeness (QED) is 0.863. The van der Waals surface area contributed by atoms with Crippen molar-refractivity contribution in [3.8, 4) is 0 Å². The van der Waals surface area contributed by atoms with Crippen LogP contribution in [0.1, 0.15) is 29.8 Å². The van der Waals surface area contributed by atoms with Gasteiger partial charge in [-0.25, -0.2) is 4.39 Å². The number of carbonyl (C=O) groups excluding carboxylic acids is 2. The number of rotatable bonds is 5. The van der Waals surface area contributed by atoms with Gasteiger partial charge >= 0.3 is 0 Å². The summed E-state index contributed by atoms with van der Waals surface area (Å²) < 4.78 is 12.9. The zero-order valence-electron chi connectivity index (χ0n) is 13.4. The summed E-state index contributed by atoms with van der Waals surface area (Å²) >= 11 is 6.08. The normalized spacial score (nSPS) is 10.5. The van der Waals surface area contributed by atoms with Gasteiger partial charge in [0.25, 0.3) is 5.91 Å². The molecule has 0 aliphatic rings. The fourth-order valence-electron chi connectivity index (χ4n) is 2.09. The Kier molecular flexibility index (Phi) is 5.93. The topological polar surface area (TPSA) is 58.2 Å². The lowest BCUT2D eigenvalue weighted by atomic mass is 10.1. The van der Waals surface area contributed by atoms with E-state index in [0.29, 0.717) is 21.8 Å². The number of hydrogen-bond donors (Lipinski definition) is 2. The van der Waals surface area contributed by atoms with Gasteiger partial charge in [-0.1, -0.05) is 23.7 Å². The van der Waals surface area contributed by atoms with Gasteiger partial charge in [-0.15, -0.1) is 0 Å². The highest BCUT2D eigenvalue weighted by molar-refractivity contribution is 6.33. The molecule has 2 amide bonds. The molecule has 0 unspecified atom stereocenters. The fourth-order valence-corrected chi connectivity index (χ4v) is 2.25. The Morgan fingerprint density at radius 1 is 1.12 bits per heavy atom. The average Bonchev–Trinajstić information content (AvgIpc) is 2.51. The predicted octanol–water partition coefficient (Wildman–Crippen LogP) is 3.80. The van der Waals surface area contributed by atoms with E-state index in [1.54, 1.807) is 24.3 Å². The molecule has 0 bridgehead atoms. The zero-order valence-corrected chi connectivity index (χ0v) is 14.2. The molecule has 2 aromatic rings. The van der Waals surface area contributed by atoms with E-state index in [2.05, 4.69) is 10.6 Å². The molecular weight excluding hydrogens is 331 g/mol. The van der Waals surface area contributed by atoms with Crippen LogP contribution >= 0.6 is 11.6 Å². The SMILES string of the molecule is CC(C)NC(=O)c1ccc(Cl)c(NC(=O)Cc2ccc(F)cc2)c1. The lowest BCUT2D eigenvalue weighted by molar-refractivity contribution is -0.115. The van der Waals surface area contributed by atoms with E-state index in [1.807, 2.05) is 13.8 Å². The first-order valence-corrected chi connectivity index (χ1v) is 7.87. The molecule has 0 aliphatic carbocycles. The highest BCUT2D eigenvalue weighted by atomic mass is 35.5. The van der Waals surface area contributed by atoms with Crippen LogP contribution < -0.4 is 10.6 Å². The molecule has 0 saturated carbocycles. The minimum atomic E-state index is -0.355. The summed E-state index contributed by atoms with van der Waals surface area (Å²) in [6.07, 6.45) is 0.0824.